The molecule has 0 radical (unpaired) electrons. The van der Waals surface area contributed by atoms with E-state index in [9.17, 15) is 31.7 Å². The van der Waals surface area contributed by atoms with Crippen LogP contribution in [0, 0.1) is 10.1 Å². The SMILES string of the molecule is O=[N+]([O-])c1cc(S(=O)(=O)N2CCCC2)ccc1NN=Cc1ccccc1C(F)(F)F. The summed E-state index contributed by atoms with van der Waals surface area (Å²) in [6.07, 6.45) is -2.26. The number of benzene rings is 2. The van der Waals surface area contributed by atoms with Gasteiger partial charge in [0.2, 0.25) is 10.0 Å². The first-order valence-electron chi connectivity index (χ1n) is 8.84. The summed E-state index contributed by atoms with van der Waals surface area (Å²) in [5, 5.41) is 15.1. The third-order valence-corrected chi connectivity index (χ3v) is 6.42. The molecule has 0 spiro atoms. The van der Waals surface area contributed by atoms with E-state index >= 15 is 0 Å². The Morgan fingerprint density at radius 2 is 1.80 bits per heavy atom. The van der Waals surface area contributed by atoms with Crippen molar-refractivity contribution in [2.24, 2.45) is 5.10 Å². The number of nitrogens with zero attached hydrogens (tertiary/aromatic N) is 3. The van der Waals surface area contributed by atoms with E-state index in [4.69, 9.17) is 0 Å². The van der Waals surface area contributed by atoms with Crippen molar-refractivity contribution in [1.29, 1.82) is 0 Å². The molecule has 0 saturated carbocycles. The maximum Gasteiger partial charge on any atom is 0.417 e. The highest BCUT2D eigenvalue weighted by atomic mass is 32.2. The average Bonchev–Trinajstić information content (AvgIpc) is 3.23. The van der Waals surface area contributed by atoms with Crippen molar-refractivity contribution in [3.63, 3.8) is 0 Å². The minimum Gasteiger partial charge on any atom is -0.272 e. The van der Waals surface area contributed by atoms with Gasteiger partial charge >= 0.3 is 6.18 Å². The molecule has 0 atom stereocenters. The lowest BCUT2D eigenvalue weighted by atomic mass is 10.1. The standard InChI is InChI=1S/C18H17F3N4O4S/c19-18(20,21)15-6-2-1-5-13(15)12-22-23-16-8-7-14(11-17(16)25(26)27)30(28,29)24-9-3-4-10-24/h1-2,5-8,11-12,23H,3-4,9-10H2. The number of nitro benzene ring substituents is 1. The van der Waals surface area contributed by atoms with E-state index in [0.717, 1.165) is 37.3 Å². The van der Waals surface area contributed by atoms with Gasteiger partial charge in [0.1, 0.15) is 5.69 Å². The molecule has 2 aromatic rings. The maximum atomic E-state index is 13.0. The first-order valence-corrected chi connectivity index (χ1v) is 10.3. The molecule has 1 fully saturated rings. The summed E-state index contributed by atoms with van der Waals surface area (Å²) in [4.78, 5) is 10.4. The number of hydrogen-bond donors (Lipinski definition) is 1. The molecule has 0 bridgehead atoms. The number of sulfonamides is 1. The number of hydrogen-bond acceptors (Lipinski definition) is 6. The van der Waals surface area contributed by atoms with Gasteiger partial charge in [-0.15, -0.1) is 0 Å². The van der Waals surface area contributed by atoms with Crippen molar-refractivity contribution in [2.45, 2.75) is 23.9 Å². The minimum atomic E-state index is -4.58. The maximum absolute atomic E-state index is 13.0. The van der Waals surface area contributed by atoms with Gasteiger partial charge in [-0.05, 0) is 31.0 Å². The number of rotatable bonds is 6. The highest BCUT2D eigenvalue weighted by molar-refractivity contribution is 7.89. The van der Waals surface area contributed by atoms with Crippen LogP contribution in [0.1, 0.15) is 24.0 Å². The smallest absolute Gasteiger partial charge is 0.272 e. The van der Waals surface area contributed by atoms with Crippen LogP contribution in [0.5, 0.6) is 0 Å². The van der Waals surface area contributed by atoms with Crippen LogP contribution < -0.4 is 5.43 Å². The van der Waals surface area contributed by atoms with Crippen LogP contribution in [-0.4, -0.2) is 37.0 Å². The highest BCUT2D eigenvalue weighted by Crippen LogP contribution is 2.32. The van der Waals surface area contributed by atoms with Gasteiger partial charge < -0.3 is 0 Å². The van der Waals surface area contributed by atoms with E-state index in [2.05, 4.69) is 10.5 Å². The van der Waals surface area contributed by atoms with Crippen molar-refractivity contribution in [1.82, 2.24) is 4.31 Å². The zero-order valence-electron chi connectivity index (χ0n) is 15.5. The Morgan fingerprint density at radius 3 is 2.43 bits per heavy atom. The fourth-order valence-corrected chi connectivity index (χ4v) is 4.57. The third kappa shape index (κ3) is 4.60. The van der Waals surface area contributed by atoms with Gasteiger partial charge in [-0.1, -0.05) is 18.2 Å². The number of hydrazone groups is 1. The molecule has 1 saturated heterocycles. The Morgan fingerprint density at radius 1 is 1.13 bits per heavy atom. The van der Waals surface area contributed by atoms with Crippen molar-refractivity contribution >= 4 is 27.6 Å². The highest BCUT2D eigenvalue weighted by Gasteiger charge is 2.32. The molecule has 0 aliphatic carbocycles. The van der Waals surface area contributed by atoms with Crippen LogP contribution in [0.3, 0.4) is 0 Å². The van der Waals surface area contributed by atoms with Gasteiger partial charge in [0, 0.05) is 24.7 Å². The first kappa shape index (κ1) is 21.7. The van der Waals surface area contributed by atoms with Gasteiger partial charge in [-0.3, -0.25) is 15.5 Å². The van der Waals surface area contributed by atoms with Crippen LogP contribution in [0.2, 0.25) is 0 Å². The van der Waals surface area contributed by atoms with Gasteiger partial charge in [-0.25, -0.2) is 8.42 Å². The van der Waals surface area contributed by atoms with E-state index in [1.165, 1.54) is 28.6 Å². The summed E-state index contributed by atoms with van der Waals surface area (Å²) in [6.45, 7) is 0.693. The molecule has 30 heavy (non-hydrogen) atoms. The lowest BCUT2D eigenvalue weighted by Crippen LogP contribution is -2.27. The summed E-state index contributed by atoms with van der Waals surface area (Å²) in [5.41, 5.74) is 0.478. The summed E-state index contributed by atoms with van der Waals surface area (Å²) >= 11 is 0. The molecular formula is C18H17F3N4O4S. The van der Waals surface area contributed by atoms with Gasteiger partial charge in [0.05, 0.1) is 21.6 Å². The second-order valence-corrected chi connectivity index (χ2v) is 8.44. The van der Waals surface area contributed by atoms with Crippen molar-refractivity contribution in [2.75, 3.05) is 18.5 Å². The molecule has 1 aliphatic heterocycles. The molecule has 0 aromatic heterocycles. The van der Waals surface area contributed by atoms with Crippen LogP contribution in [0.4, 0.5) is 24.5 Å². The Hall–Kier alpha value is -2.99. The largest absolute Gasteiger partial charge is 0.417 e. The van der Waals surface area contributed by atoms with E-state index in [-0.39, 0.29) is 16.1 Å². The van der Waals surface area contributed by atoms with Gasteiger partial charge in [0.25, 0.3) is 5.69 Å². The van der Waals surface area contributed by atoms with Crippen LogP contribution in [0.15, 0.2) is 52.5 Å². The monoisotopic (exact) mass is 442 g/mol. The van der Waals surface area contributed by atoms with E-state index in [1.807, 2.05) is 0 Å². The van der Waals surface area contributed by atoms with E-state index in [1.54, 1.807) is 0 Å². The van der Waals surface area contributed by atoms with Crippen molar-refractivity contribution < 1.29 is 26.5 Å². The molecule has 12 heteroatoms. The second-order valence-electron chi connectivity index (χ2n) is 6.50. The number of alkyl halides is 3. The Labute approximate surface area is 170 Å². The molecule has 2 aromatic carbocycles. The molecule has 1 heterocycles. The lowest BCUT2D eigenvalue weighted by Gasteiger charge is -2.15. The van der Waals surface area contributed by atoms with Crippen LogP contribution in [0.25, 0.3) is 0 Å². The molecule has 1 aliphatic rings. The topological polar surface area (TPSA) is 105 Å². The number of nitro groups is 1. The number of nitrogens with one attached hydrogen (secondary N) is 1. The molecule has 0 amide bonds. The normalized spacial score (nSPS) is 15.6. The van der Waals surface area contributed by atoms with Crippen LogP contribution in [-0.2, 0) is 16.2 Å². The van der Waals surface area contributed by atoms with Crippen molar-refractivity contribution in [3.8, 4) is 0 Å². The number of halogens is 3. The third-order valence-electron chi connectivity index (χ3n) is 4.52. The zero-order valence-corrected chi connectivity index (χ0v) is 16.3. The van der Waals surface area contributed by atoms with Crippen LogP contribution >= 0.6 is 0 Å². The molecule has 0 unspecified atom stereocenters. The molecule has 3 rings (SSSR count). The number of anilines is 1. The predicted octanol–water partition coefficient (Wildman–Crippen LogP) is 3.84. The van der Waals surface area contributed by atoms with E-state index < -0.39 is 32.4 Å². The Balaban J connectivity index is 1.87. The summed E-state index contributed by atoms with van der Waals surface area (Å²) in [7, 11) is -3.86. The zero-order chi connectivity index (χ0) is 21.9. The Bertz CT molecular complexity index is 1080. The fourth-order valence-electron chi connectivity index (χ4n) is 3.03. The predicted molar refractivity (Wildman–Crippen MR) is 104 cm³/mol. The summed E-state index contributed by atoms with van der Waals surface area (Å²) in [6, 6.07) is 8.00. The molecular weight excluding hydrogens is 425 g/mol. The minimum absolute atomic E-state index is 0.152. The quantitative estimate of drug-likeness (QED) is 0.416. The van der Waals surface area contributed by atoms with Crippen molar-refractivity contribution in [3.05, 3.63) is 63.7 Å². The molecule has 8 nitrogen and oxygen atoms in total. The van der Waals surface area contributed by atoms with Gasteiger partial charge in [0.15, 0.2) is 0 Å². The summed E-state index contributed by atoms with van der Waals surface area (Å²) < 4.78 is 65.5. The summed E-state index contributed by atoms with van der Waals surface area (Å²) in [5.74, 6) is 0. The molecule has 160 valence electrons. The molecule has 1 N–H and O–H groups in total. The fraction of sp³-hybridized carbons (Fsp3) is 0.278. The lowest BCUT2D eigenvalue weighted by molar-refractivity contribution is -0.384. The second kappa shape index (κ2) is 8.40. The van der Waals surface area contributed by atoms with Gasteiger partial charge in [-0.2, -0.15) is 22.6 Å². The average molecular weight is 442 g/mol. The van der Waals surface area contributed by atoms with E-state index in [0.29, 0.717) is 13.1 Å². The Kier molecular flexibility index (Phi) is 6.08. The first-order chi connectivity index (χ1) is 14.1.